The van der Waals surface area contributed by atoms with Crippen molar-refractivity contribution in [3.63, 3.8) is 0 Å². The van der Waals surface area contributed by atoms with Gasteiger partial charge in [0.1, 0.15) is 0 Å². The van der Waals surface area contributed by atoms with E-state index in [1.54, 1.807) is 0 Å². The monoisotopic (exact) mass is 749 g/mol. The smallest absolute Gasteiger partial charge is 0.0732 e. The molecule has 0 saturated carbocycles. The summed E-state index contributed by atoms with van der Waals surface area (Å²) in [5, 5.41) is 7.61. The maximum Gasteiger partial charge on any atom is 0.0732 e. The third-order valence-corrected chi connectivity index (χ3v) is 14.0. The number of nitrogens with zero attached hydrogens (tertiary/aromatic N) is 1. The predicted octanol–water partition coefficient (Wildman–Crippen LogP) is 15.3. The molecule has 3 aliphatic carbocycles. The summed E-state index contributed by atoms with van der Waals surface area (Å²) in [6.07, 6.45) is 0. The quantitative estimate of drug-likeness (QED) is 0.174. The Morgan fingerprint density at radius 3 is 1.63 bits per heavy atom. The van der Waals surface area contributed by atoms with Crippen molar-refractivity contribution in [2.24, 2.45) is 0 Å². The van der Waals surface area contributed by atoms with Gasteiger partial charge < -0.3 is 4.90 Å². The van der Waals surface area contributed by atoms with Gasteiger partial charge in [-0.1, -0.05) is 178 Å². The minimum atomic E-state index is -0.520. The number of fused-ring (bicyclic) bond motifs is 18. The molecule has 1 heteroatoms. The zero-order valence-corrected chi connectivity index (χ0v) is 33.0. The molecule has 3 aliphatic rings. The first kappa shape index (κ1) is 32.8. The van der Waals surface area contributed by atoms with E-state index in [1.165, 1.54) is 99.1 Å². The summed E-state index contributed by atoms with van der Waals surface area (Å²) in [5.74, 6) is 0. The molecule has 0 aliphatic heterocycles. The lowest BCUT2D eigenvalue weighted by Crippen LogP contribution is -2.26. The van der Waals surface area contributed by atoms with Crippen molar-refractivity contribution in [3.8, 4) is 33.4 Å². The molecule has 0 radical (unpaired) electrons. The van der Waals surface area contributed by atoms with Gasteiger partial charge >= 0.3 is 0 Å². The van der Waals surface area contributed by atoms with Crippen LogP contribution in [0.1, 0.15) is 47.2 Å². The summed E-state index contributed by atoms with van der Waals surface area (Å²) in [6, 6.07) is 75.7. The van der Waals surface area contributed by atoms with Crippen LogP contribution in [-0.2, 0) is 10.8 Å². The van der Waals surface area contributed by atoms with Gasteiger partial charge in [-0.05, 0) is 135 Å². The van der Waals surface area contributed by atoms with Crippen molar-refractivity contribution < 1.29 is 0 Å². The van der Waals surface area contributed by atoms with Gasteiger partial charge in [0, 0.05) is 22.5 Å². The van der Waals surface area contributed by atoms with Crippen LogP contribution in [0.5, 0.6) is 0 Å². The van der Waals surface area contributed by atoms with Crippen LogP contribution in [-0.4, -0.2) is 0 Å². The van der Waals surface area contributed by atoms with Crippen molar-refractivity contribution in [1.29, 1.82) is 0 Å². The van der Waals surface area contributed by atoms with Gasteiger partial charge in [-0.2, -0.15) is 0 Å². The molecule has 10 aromatic rings. The van der Waals surface area contributed by atoms with E-state index in [0.29, 0.717) is 0 Å². The molecule has 0 saturated heterocycles. The van der Waals surface area contributed by atoms with Gasteiger partial charge in [0.05, 0.1) is 5.41 Å². The van der Waals surface area contributed by atoms with Gasteiger partial charge in [0.25, 0.3) is 0 Å². The molecule has 1 nitrogen and oxygen atoms in total. The van der Waals surface area contributed by atoms with Crippen molar-refractivity contribution >= 4 is 49.4 Å². The third kappa shape index (κ3) is 4.24. The molecule has 1 spiro atoms. The Labute approximate surface area is 344 Å². The zero-order chi connectivity index (χ0) is 39.0. The van der Waals surface area contributed by atoms with Crippen molar-refractivity contribution in [3.05, 3.63) is 234 Å². The Hall–Kier alpha value is -7.22. The van der Waals surface area contributed by atoms with Gasteiger partial charge in [0.15, 0.2) is 0 Å². The van der Waals surface area contributed by atoms with E-state index >= 15 is 0 Å². The summed E-state index contributed by atoms with van der Waals surface area (Å²) in [6.45, 7) is 4.75. The largest absolute Gasteiger partial charge is 0.310 e. The first-order valence-corrected chi connectivity index (χ1v) is 20.8. The number of hydrogen-bond donors (Lipinski definition) is 0. The molecule has 0 bridgehead atoms. The SMILES string of the molecule is CC1(C)c2ccccc2-c2ccc(N(c3ccc4c(c3)C3(c5ccccc5-c5ccc6ccccc6c53)c3ccc5ccccc5c3-4)c3ccc4ccccc4c3)cc21. The summed E-state index contributed by atoms with van der Waals surface area (Å²) in [7, 11) is 0. The summed E-state index contributed by atoms with van der Waals surface area (Å²) in [5.41, 5.74) is 19.0. The molecule has 1 atom stereocenters. The van der Waals surface area contributed by atoms with Crippen LogP contribution in [0.15, 0.2) is 200 Å². The Morgan fingerprint density at radius 2 is 0.831 bits per heavy atom. The fraction of sp³-hybridized carbons (Fsp3) is 0.0690. The Bertz CT molecular complexity index is 3440. The molecular formula is C58H39N. The molecule has 0 fully saturated rings. The minimum Gasteiger partial charge on any atom is -0.310 e. The lowest BCUT2D eigenvalue weighted by atomic mass is 9.69. The molecular weight excluding hydrogens is 711 g/mol. The van der Waals surface area contributed by atoms with Crippen molar-refractivity contribution in [2.75, 3.05) is 4.90 Å². The van der Waals surface area contributed by atoms with E-state index in [4.69, 9.17) is 0 Å². The van der Waals surface area contributed by atoms with Gasteiger partial charge in [-0.25, -0.2) is 0 Å². The maximum absolute atomic E-state index is 2.54. The molecule has 276 valence electrons. The molecule has 1 unspecified atom stereocenters. The Morgan fingerprint density at radius 1 is 0.322 bits per heavy atom. The van der Waals surface area contributed by atoms with Crippen LogP contribution in [0.25, 0.3) is 65.7 Å². The molecule has 13 rings (SSSR count). The van der Waals surface area contributed by atoms with E-state index in [9.17, 15) is 0 Å². The van der Waals surface area contributed by atoms with Crippen LogP contribution in [0.3, 0.4) is 0 Å². The number of benzene rings is 10. The van der Waals surface area contributed by atoms with E-state index in [2.05, 4.69) is 219 Å². The second kappa shape index (κ2) is 11.7. The second-order valence-corrected chi connectivity index (χ2v) is 17.2. The van der Waals surface area contributed by atoms with Crippen LogP contribution in [0.2, 0.25) is 0 Å². The van der Waals surface area contributed by atoms with Crippen LogP contribution >= 0.6 is 0 Å². The zero-order valence-electron chi connectivity index (χ0n) is 33.0. The first-order chi connectivity index (χ1) is 29.0. The van der Waals surface area contributed by atoms with E-state index < -0.39 is 5.41 Å². The van der Waals surface area contributed by atoms with Crippen molar-refractivity contribution in [2.45, 2.75) is 24.7 Å². The number of anilines is 3. The molecule has 0 aromatic heterocycles. The van der Waals surface area contributed by atoms with Gasteiger partial charge in [0.2, 0.25) is 0 Å². The van der Waals surface area contributed by atoms with E-state index in [-0.39, 0.29) is 5.41 Å². The van der Waals surface area contributed by atoms with Gasteiger partial charge in [-0.15, -0.1) is 0 Å². The van der Waals surface area contributed by atoms with Crippen LogP contribution in [0, 0.1) is 0 Å². The average Bonchev–Trinajstić information content (AvgIpc) is 3.85. The third-order valence-electron chi connectivity index (χ3n) is 14.0. The highest BCUT2D eigenvalue weighted by atomic mass is 15.1. The minimum absolute atomic E-state index is 0.125. The van der Waals surface area contributed by atoms with E-state index in [1.807, 2.05) is 0 Å². The van der Waals surface area contributed by atoms with Gasteiger partial charge in [-0.3, -0.25) is 0 Å². The van der Waals surface area contributed by atoms with Crippen molar-refractivity contribution in [1.82, 2.24) is 0 Å². The first-order valence-electron chi connectivity index (χ1n) is 20.8. The lowest BCUT2D eigenvalue weighted by Gasteiger charge is -2.33. The highest BCUT2D eigenvalue weighted by Gasteiger charge is 2.53. The maximum atomic E-state index is 2.54. The van der Waals surface area contributed by atoms with E-state index in [0.717, 1.165) is 17.1 Å². The Kier molecular flexibility index (Phi) is 6.50. The molecule has 0 N–H and O–H groups in total. The van der Waals surface area contributed by atoms with Crippen LogP contribution < -0.4 is 4.90 Å². The summed E-state index contributed by atoms with van der Waals surface area (Å²) >= 11 is 0. The standard InChI is InChI=1S/C58H39N/c1-57(2)50-21-11-9-19-45(50)47-30-27-41(34-53(47)57)59(40-26-23-36-13-3-4-16-39(36)33-40)42-28-31-49-54(35-42)58(52-32-25-37-14-5-7-17-43(37)55(49)52)51-22-12-10-20-46(51)48-29-24-38-15-6-8-18-44(38)56(48)58/h3-35H,1-2H3. The molecule has 59 heavy (non-hydrogen) atoms. The van der Waals surface area contributed by atoms with Crippen LogP contribution in [0.4, 0.5) is 17.1 Å². The number of hydrogen-bond acceptors (Lipinski definition) is 1. The predicted molar refractivity (Wildman–Crippen MR) is 248 cm³/mol. The fourth-order valence-electron chi connectivity index (χ4n) is 11.5. The summed E-state index contributed by atoms with van der Waals surface area (Å²) < 4.78 is 0. The topological polar surface area (TPSA) is 3.24 Å². The fourth-order valence-corrected chi connectivity index (χ4v) is 11.5. The Balaban J connectivity index is 1.13. The highest BCUT2D eigenvalue weighted by Crippen LogP contribution is 2.65. The molecule has 0 heterocycles. The second-order valence-electron chi connectivity index (χ2n) is 17.2. The normalized spacial score (nSPS) is 16.2. The number of rotatable bonds is 3. The average molecular weight is 750 g/mol. The molecule has 0 amide bonds. The summed E-state index contributed by atoms with van der Waals surface area (Å²) in [4.78, 5) is 2.51. The highest BCUT2D eigenvalue weighted by molar-refractivity contribution is 6.09. The molecule has 10 aromatic carbocycles. The lowest BCUT2D eigenvalue weighted by molar-refractivity contribution is 0.660.